The molecule has 5 nitrogen and oxygen atoms in total. The van der Waals surface area contributed by atoms with Crippen LogP contribution in [0.2, 0.25) is 0 Å². The second-order valence-electron chi connectivity index (χ2n) is 34.0. The molecule has 0 N–H and O–H groups in total. The number of benzene rings is 17. The van der Waals surface area contributed by atoms with Crippen LogP contribution in [0.4, 0.5) is 68.2 Å². The number of hydrogen-bond donors (Lipinski definition) is 0. The van der Waals surface area contributed by atoms with Gasteiger partial charge < -0.3 is 24.2 Å². The van der Waals surface area contributed by atoms with Crippen LogP contribution < -0.4 is 52.4 Å². The normalized spacial score (nSPS) is 13.1. The van der Waals surface area contributed by atoms with E-state index in [9.17, 15) is 0 Å². The molecule has 560 valence electrons. The number of rotatable bonds is 12. The smallest absolute Gasteiger partial charge is 0.252 e. The van der Waals surface area contributed by atoms with E-state index in [4.69, 9.17) is 0 Å². The fraction of sp³-hybridized carbons (Fsp3) is 0.0727. The summed E-state index contributed by atoms with van der Waals surface area (Å²) < 4.78 is 2.59. The van der Waals surface area contributed by atoms with Gasteiger partial charge in [-0.25, -0.2) is 0 Å². The first-order chi connectivity index (χ1) is 57.8. The van der Waals surface area contributed by atoms with Crippen molar-refractivity contribution in [3.63, 3.8) is 0 Å². The maximum atomic E-state index is 2.72. The molecular formula is C110H83B2N5S. The molecule has 8 heteroatoms. The molecule has 0 unspecified atom stereocenters. The Kier molecular flexibility index (Phi) is 16.8. The van der Waals surface area contributed by atoms with Gasteiger partial charge in [0.05, 0.1) is 22.4 Å². The highest BCUT2D eigenvalue weighted by molar-refractivity contribution is 8.00. The predicted octanol–water partition coefficient (Wildman–Crippen LogP) is 26.0. The quantitative estimate of drug-likeness (QED) is 0.113. The molecule has 18 aromatic rings. The predicted molar refractivity (Wildman–Crippen MR) is 504 cm³/mol. The molecule has 0 fully saturated rings. The van der Waals surface area contributed by atoms with Crippen LogP contribution in [0.3, 0.4) is 0 Å². The lowest BCUT2D eigenvalue weighted by Gasteiger charge is -2.47. The largest absolute Gasteiger partial charge is 0.311 e. The Balaban J connectivity index is 0.900. The van der Waals surface area contributed by atoms with E-state index >= 15 is 0 Å². The van der Waals surface area contributed by atoms with E-state index in [2.05, 4.69) is 460 Å². The third-order valence-electron chi connectivity index (χ3n) is 24.8. The molecule has 0 saturated carbocycles. The van der Waals surface area contributed by atoms with Crippen molar-refractivity contribution in [1.29, 1.82) is 0 Å². The van der Waals surface area contributed by atoms with E-state index in [-0.39, 0.29) is 24.3 Å². The zero-order valence-corrected chi connectivity index (χ0v) is 67.6. The van der Waals surface area contributed by atoms with Crippen molar-refractivity contribution in [1.82, 2.24) is 4.57 Å². The number of anilines is 12. The van der Waals surface area contributed by atoms with E-state index < -0.39 is 0 Å². The van der Waals surface area contributed by atoms with Crippen molar-refractivity contribution >= 4 is 148 Å². The summed E-state index contributed by atoms with van der Waals surface area (Å²) in [5.74, 6) is 0. The number of fused-ring (bicyclic) bond motifs is 11. The first-order valence-corrected chi connectivity index (χ1v) is 42.1. The average Bonchev–Trinajstić information content (AvgIpc) is 0.716. The second kappa shape index (κ2) is 28.0. The van der Waals surface area contributed by atoms with Crippen molar-refractivity contribution < 1.29 is 0 Å². The Morgan fingerprint density at radius 1 is 0.254 bits per heavy atom. The molecule has 1 aromatic heterocycles. The van der Waals surface area contributed by atoms with Gasteiger partial charge in [-0.1, -0.05) is 338 Å². The highest BCUT2D eigenvalue weighted by Crippen LogP contribution is 2.55. The minimum absolute atomic E-state index is 0.0936. The zero-order valence-electron chi connectivity index (χ0n) is 66.8. The van der Waals surface area contributed by atoms with Gasteiger partial charge in [-0.3, -0.25) is 0 Å². The maximum Gasteiger partial charge on any atom is 0.252 e. The van der Waals surface area contributed by atoms with Gasteiger partial charge >= 0.3 is 0 Å². The number of aromatic nitrogens is 1. The molecule has 118 heavy (non-hydrogen) atoms. The molecule has 4 aliphatic rings. The van der Waals surface area contributed by atoms with Crippen LogP contribution in [-0.4, -0.2) is 18.0 Å². The minimum Gasteiger partial charge on any atom is -0.311 e. The van der Waals surface area contributed by atoms with Gasteiger partial charge in [0.1, 0.15) is 0 Å². The van der Waals surface area contributed by atoms with Gasteiger partial charge in [0.2, 0.25) is 6.71 Å². The summed E-state index contributed by atoms with van der Waals surface area (Å²) in [5.41, 5.74) is 38.0. The summed E-state index contributed by atoms with van der Waals surface area (Å²) >= 11 is 1.91. The maximum absolute atomic E-state index is 2.72. The topological polar surface area (TPSA) is 17.9 Å². The first kappa shape index (κ1) is 70.8. The van der Waals surface area contributed by atoms with Crippen LogP contribution >= 0.6 is 11.8 Å². The third-order valence-corrected chi connectivity index (χ3v) is 26.0. The molecule has 22 rings (SSSR count). The van der Waals surface area contributed by atoms with Gasteiger partial charge in [-0.15, -0.1) is 0 Å². The summed E-state index contributed by atoms with van der Waals surface area (Å²) in [4.78, 5) is 12.9. The SMILES string of the molecule is CC(C)(C)c1ccc2c(c1)c1cc(C(C)(C)C)ccc1n2-c1cc2c3c(c1)N(c1ccccc1)c1cc4c(cc1B3c1ccc(-c3ccccc3)cc1N2c1cccc(-c2ccccc2)c1)B1c2ccc(-c3ccccc3)cc2Sc2cc(N(c3ccccc3)c3ccccc3)cc(c21)N4c1c(-c2ccccc2)cccc1-c1ccccc1. The van der Waals surface area contributed by atoms with E-state index in [1.54, 1.807) is 0 Å². The lowest BCUT2D eigenvalue weighted by molar-refractivity contribution is 0.590. The Labute approximate surface area is 696 Å². The third kappa shape index (κ3) is 11.8. The van der Waals surface area contributed by atoms with Gasteiger partial charge in [0, 0.05) is 94.3 Å². The van der Waals surface area contributed by atoms with Gasteiger partial charge in [0.25, 0.3) is 6.71 Å². The second-order valence-corrected chi connectivity index (χ2v) is 35.1. The van der Waals surface area contributed by atoms with Crippen molar-refractivity contribution in [3.8, 4) is 61.3 Å². The summed E-state index contributed by atoms with van der Waals surface area (Å²) in [7, 11) is 0. The molecule has 0 saturated heterocycles. The van der Waals surface area contributed by atoms with Crippen LogP contribution in [0, 0.1) is 0 Å². The molecule has 17 aromatic carbocycles. The number of para-hydroxylation sites is 4. The molecule has 0 amide bonds. The van der Waals surface area contributed by atoms with E-state index in [0.717, 1.165) is 129 Å². The summed E-state index contributed by atoms with van der Waals surface area (Å²) in [6.07, 6.45) is 0. The fourth-order valence-corrected chi connectivity index (χ4v) is 20.5. The number of hydrogen-bond acceptors (Lipinski definition) is 5. The standard InChI is InChI=1S/C110H83B2N5S/c1-109(2,3)80-55-59-96-90(64-80)91-65-81(110(4,5)6)56-60-97(91)116(96)86-66-101-106-102(67-86)115(85-50-31-43-77(61-85)72-33-15-7-16-34-72)98-62-78(73-35-17-8-18-36-73)53-57-92(98)111(106)94-70-95-100(71-99(94)114(101)84-48-29-14-30-49-84)117(108-88(75-39-21-10-22-40-75)51-32-52-89(108)76-41-23-11-24-42-76)103-68-87(113(82-44-25-12-26-45-82)83-46-27-13-28-47-83)69-105-107(103)112(95)93-58-54-79(63-104(93)118-105)74-37-19-9-20-38-74/h7-71H,1-6H3. The highest BCUT2D eigenvalue weighted by atomic mass is 32.2. The summed E-state index contributed by atoms with van der Waals surface area (Å²) in [5, 5.41) is 2.48. The molecule has 4 aliphatic heterocycles. The lowest BCUT2D eigenvalue weighted by Crippen LogP contribution is -2.64. The van der Waals surface area contributed by atoms with Crippen molar-refractivity contribution in [2.75, 3.05) is 19.6 Å². The van der Waals surface area contributed by atoms with Gasteiger partial charge in [-0.05, 0) is 209 Å². The van der Waals surface area contributed by atoms with E-state index in [1.165, 1.54) is 75.6 Å². The molecular weight excluding hydrogens is 1440 g/mol. The van der Waals surface area contributed by atoms with Crippen molar-refractivity contribution in [2.45, 2.75) is 62.2 Å². The van der Waals surface area contributed by atoms with Crippen LogP contribution in [0.1, 0.15) is 52.7 Å². The molecule has 0 bridgehead atoms. The van der Waals surface area contributed by atoms with Gasteiger partial charge in [0.15, 0.2) is 0 Å². The fourth-order valence-electron chi connectivity index (χ4n) is 19.2. The van der Waals surface area contributed by atoms with E-state index in [1.807, 2.05) is 11.8 Å². The molecule has 0 radical (unpaired) electrons. The Morgan fingerprint density at radius 2 is 0.669 bits per heavy atom. The molecule has 0 spiro atoms. The lowest BCUT2D eigenvalue weighted by atomic mass is 9.30. The van der Waals surface area contributed by atoms with Crippen LogP contribution in [0.15, 0.2) is 404 Å². The molecule has 0 atom stereocenters. The van der Waals surface area contributed by atoms with Crippen LogP contribution in [0.25, 0.3) is 83.1 Å². The van der Waals surface area contributed by atoms with E-state index in [0.29, 0.717) is 0 Å². The zero-order chi connectivity index (χ0) is 79.1. The number of nitrogens with zero attached hydrogens (tertiary/aromatic N) is 5. The highest BCUT2D eigenvalue weighted by Gasteiger charge is 2.49. The monoisotopic (exact) mass is 1530 g/mol. The van der Waals surface area contributed by atoms with Crippen LogP contribution in [0.5, 0.6) is 0 Å². The Morgan fingerprint density at radius 3 is 1.19 bits per heavy atom. The van der Waals surface area contributed by atoms with Crippen molar-refractivity contribution in [2.24, 2.45) is 0 Å². The minimum atomic E-state index is -0.286. The first-order valence-electron chi connectivity index (χ1n) is 41.3. The molecule has 0 aliphatic carbocycles. The Hall–Kier alpha value is -13.8. The summed E-state index contributed by atoms with van der Waals surface area (Å²) in [6.45, 7) is 13.5. The van der Waals surface area contributed by atoms with Gasteiger partial charge in [-0.2, -0.15) is 0 Å². The van der Waals surface area contributed by atoms with Crippen LogP contribution in [-0.2, 0) is 10.8 Å². The Bertz CT molecular complexity index is 6820. The summed E-state index contributed by atoms with van der Waals surface area (Å²) in [6, 6.07) is 149. The van der Waals surface area contributed by atoms with Crippen molar-refractivity contribution in [3.05, 3.63) is 405 Å². The molecule has 5 heterocycles. The average molecular weight is 1530 g/mol.